The molecule has 1 aromatic carbocycles. The number of aromatic nitrogens is 2. The van der Waals surface area contributed by atoms with Gasteiger partial charge in [-0.3, -0.25) is 4.90 Å². The zero-order valence-corrected chi connectivity index (χ0v) is 13.0. The molecule has 0 radical (unpaired) electrons. The molecule has 2 aromatic rings. The fourth-order valence-corrected chi connectivity index (χ4v) is 3.47. The van der Waals surface area contributed by atoms with Gasteiger partial charge in [-0.05, 0) is 56.3 Å². The molecule has 2 heterocycles. The first kappa shape index (κ1) is 14.8. The number of likely N-dealkylation sites (tertiary alicyclic amines) is 1. The molecule has 1 saturated heterocycles. The predicted octanol–water partition coefficient (Wildman–Crippen LogP) is 2.88. The Morgan fingerprint density at radius 2 is 2.04 bits per heavy atom. The van der Waals surface area contributed by atoms with Gasteiger partial charge >= 0.3 is 0 Å². The summed E-state index contributed by atoms with van der Waals surface area (Å²) in [7, 11) is 0. The van der Waals surface area contributed by atoms with Crippen LogP contribution < -0.4 is 5.73 Å². The van der Waals surface area contributed by atoms with Gasteiger partial charge in [0.15, 0.2) is 5.82 Å². The number of rotatable bonds is 4. The van der Waals surface area contributed by atoms with Crippen molar-refractivity contribution >= 4 is 0 Å². The maximum Gasteiger partial charge on any atom is 0.244 e. The Hall–Kier alpha value is -1.79. The van der Waals surface area contributed by atoms with Crippen molar-refractivity contribution in [1.82, 2.24) is 15.0 Å². The lowest BCUT2D eigenvalue weighted by Gasteiger charge is -2.34. The molecule has 1 aliphatic heterocycles. The van der Waals surface area contributed by atoms with E-state index in [0.29, 0.717) is 11.7 Å². The fourth-order valence-electron chi connectivity index (χ4n) is 3.47. The average Bonchev–Trinajstić information content (AvgIpc) is 3.16. The quantitative estimate of drug-likeness (QED) is 0.939. The number of halogens is 1. The van der Waals surface area contributed by atoms with E-state index in [4.69, 9.17) is 10.3 Å². The molecular formula is C17H21FN4O. The Labute approximate surface area is 134 Å². The fraction of sp³-hybridized carbons (Fsp3) is 0.529. The van der Waals surface area contributed by atoms with Crippen LogP contribution in [0.1, 0.15) is 55.4 Å². The molecule has 2 N–H and O–H groups in total. The first-order valence-electron chi connectivity index (χ1n) is 8.25. The monoisotopic (exact) mass is 316 g/mol. The van der Waals surface area contributed by atoms with E-state index in [9.17, 15) is 4.39 Å². The van der Waals surface area contributed by atoms with E-state index in [-0.39, 0.29) is 17.4 Å². The van der Waals surface area contributed by atoms with Gasteiger partial charge in [0.2, 0.25) is 5.89 Å². The molecule has 0 bridgehead atoms. The van der Waals surface area contributed by atoms with E-state index in [1.54, 1.807) is 0 Å². The Morgan fingerprint density at radius 3 is 2.74 bits per heavy atom. The standard InChI is InChI=1S/C17H21FN4O/c18-13-6-4-12(5-7-13)11-22-10-1-3-14(22)15-20-16(21-23-15)17(19)8-2-9-17/h4-7,14H,1-3,8-11,19H2. The van der Waals surface area contributed by atoms with E-state index < -0.39 is 0 Å². The van der Waals surface area contributed by atoms with Crippen molar-refractivity contribution in [2.24, 2.45) is 5.73 Å². The summed E-state index contributed by atoms with van der Waals surface area (Å²) < 4.78 is 18.6. The molecule has 2 fully saturated rings. The number of hydrogen-bond acceptors (Lipinski definition) is 5. The molecule has 23 heavy (non-hydrogen) atoms. The summed E-state index contributed by atoms with van der Waals surface area (Å²) in [5.41, 5.74) is 6.98. The van der Waals surface area contributed by atoms with Gasteiger partial charge < -0.3 is 10.3 Å². The molecule has 1 saturated carbocycles. The third-order valence-electron chi connectivity index (χ3n) is 5.08. The Balaban J connectivity index is 1.50. The van der Waals surface area contributed by atoms with Crippen LogP contribution in [-0.4, -0.2) is 21.6 Å². The molecule has 0 amide bonds. The second-order valence-corrected chi connectivity index (χ2v) is 6.72. The SMILES string of the molecule is NC1(c2noc(C3CCCN3Cc3ccc(F)cc3)n2)CCC1. The number of nitrogens with two attached hydrogens (primary N) is 1. The lowest BCUT2D eigenvalue weighted by atomic mass is 9.77. The van der Waals surface area contributed by atoms with E-state index in [2.05, 4.69) is 15.0 Å². The minimum absolute atomic E-state index is 0.130. The molecule has 1 aromatic heterocycles. The van der Waals surface area contributed by atoms with Gasteiger partial charge in [0.1, 0.15) is 5.82 Å². The van der Waals surface area contributed by atoms with Gasteiger partial charge in [-0.25, -0.2) is 4.39 Å². The van der Waals surface area contributed by atoms with Crippen molar-refractivity contribution < 1.29 is 8.91 Å². The molecule has 1 aliphatic carbocycles. The van der Waals surface area contributed by atoms with Gasteiger partial charge in [-0.2, -0.15) is 4.98 Å². The van der Waals surface area contributed by atoms with Gasteiger partial charge in [0.05, 0.1) is 11.6 Å². The summed E-state index contributed by atoms with van der Waals surface area (Å²) in [6.07, 6.45) is 5.07. The van der Waals surface area contributed by atoms with Gasteiger partial charge in [-0.15, -0.1) is 0 Å². The van der Waals surface area contributed by atoms with Gasteiger partial charge in [0, 0.05) is 6.54 Å². The predicted molar refractivity (Wildman–Crippen MR) is 82.8 cm³/mol. The summed E-state index contributed by atoms with van der Waals surface area (Å²) >= 11 is 0. The summed E-state index contributed by atoms with van der Waals surface area (Å²) in [5.74, 6) is 1.10. The van der Waals surface area contributed by atoms with Crippen LogP contribution in [0.25, 0.3) is 0 Å². The lowest BCUT2D eigenvalue weighted by molar-refractivity contribution is 0.198. The zero-order chi connectivity index (χ0) is 15.9. The maximum absolute atomic E-state index is 13.0. The van der Waals surface area contributed by atoms with Crippen molar-refractivity contribution in [3.8, 4) is 0 Å². The molecule has 4 rings (SSSR count). The van der Waals surface area contributed by atoms with Crippen LogP contribution in [0.15, 0.2) is 28.8 Å². The topological polar surface area (TPSA) is 68.2 Å². The molecule has 1 atom stereocenters. The minimum atomic E-state index is -0.387. The molecular weight excluding hydrogens is 295 g/mol. The largest absolute Gasteiger partial charge is 0.338 e. The van der Waals surface area contributed by atoms with Crippen LogP contribution in [0.4, 0.5) is 4.39 Å². The summed E-state index contributed by atoms with van der Waals surface area (Å²) in [6, 6.07) is 6.78. The molecule has 1 unspecified atom stereocenters. The van der Waals surface area contributed by atoms with E-state index in [0.717, 1.165) is 50.8 Å². The highest BCUT2D eigenvalue weighted by Crippen LogP contribution is 2.39. The smallest absolute Gasteiger partial charge is 0.244 e. The van der Waals surface area contributed by atoms with Gasteiger partial charge in [-0.1, -0.05) is 17.3 Å². The van der Waals surface area contributed by atoms with E-state index in [1.165, 1.54) is 12.1 Å². The van der Waals surface area contributed by atoms with E-state index in [1.807, 2.05) is 12.1 Å². The lowest BCUT2D eigenvalue weighted by Crippen LogP contribution is -2.44. The minimum Gasteiger partial charge on any atom is -0.338 e. The van der Waals surface area contributed by atoms with Crippen molar-refractivity contribution in [2.45, 2.75) is 50.2 Å². The van der Waals surface area contributed by atoms with Gasteiger partial charge in [0.25, 0.3) is 0 Å². The third-order valence-corrected chi connectivity index (χ3v) is 5.08. The summed E-state index contributed by atoms with van der Waals surface area (Å²) in [5, 5.41) is 4.12. The normalized spacial score (nSPS) is 23.8. The van der Waals surface area contributed by atoms with Crippen LogP contribution in [-0.2, 0) is 12.1 Å². The first-order valence-corrected chi connectivity index (χ1v) is 8.25. The molecule has 5 nitrogen and oxygen atoms in total. The average molecular weight is 316 g/mol. The van der Waals surface area contributed by atoms with Crippen LogP contribution in [0.2, 0.25) is 0 Å². The molecule has 0 spiro atoms. The molecule has 2 aliphatic rings. The number of benzene rings is 1. The highest BCUT2D eigenvalue weighted by Gasteiger charge is 2.40. The highest BCUT2D eigenvalue weighted by atomic mass is 19.1. The van der Waals surface area contributed by atoms with E-state index >= 15 is 0 Å². The number of nitrogens with zero attached hydrogens (tertiary/aromatic N) is 3. The highest BCUT2D eigenvalue weighted by molar-refractivity contribution is 5.17. The second-order valence-electron chi connectivity index (χ2n) is 6.72. The Bertz CT molecular complexity index is 680. The summed E-state index contributed by atoms with van der Waals surface area (Å²) in [4.78, 5) is 6.90. The Morgan fingerprint density at radius 1 is 1.26 bits per heavy atom. The summed E-state index contributed by atoms with van der Waals surface area (Å²) in [6.45, 7) is 1.74. The third kappa shape index (κ3) is 2.77. The van der Waals surface area contributed by atoms with Crippen molar-refractivity contribution in [2.75, 3.05) is 6.54 Å². The first-order chi connectivity index (χ1) is 11.1. The van der Waals surface area contributed by atoms with Crippen LogP contribution >= 0.6 is 0 Å². The molecule has 6 heteroatoms. The van der Waals surface area contributed by atoms with Crippen molar-refractivity contribution in [3.63, 3.8) is 0 Å². The number of hydrogen-bond donors (Lipinski definition) is 1. The van der Waals surface area contributed by atoms with Crippen LogP contribution in [0.5, 0.6) is 0 Å². The second kappa shape index (κ2) is 5.69. The van der Waals surface area contributed by atoms with Crippen molar-refractivity contribution in [1.29, 1.82) is 0 Å². The maximum atomic E-state index is 13.0. The van der Waals surface area contributed by atoms with Crippen LogP contribution in [0.3, 0.4) is 0 Å². The van der Waals surface area contributed by atoms with Crippen LogP contribution in [0, 0.1) is 5.82 Å². The Kier molecular flexibility index (Phi) is 3.66. The zero-order valence-electron chi connectivity index (χ0n) is 13.0. The van der Waals surface area contributed by atoms with Crippen molar-refractivity contribution in [3.05, 3.63) is 47.4 Å². The molecule has 122 valence electrons.